The number of rotatable bonds is 4. The molecule has 1 saturated carbocycles. The molecule has 2 aliphatic heterocycles. The van der Waals surface area contributed by atoms with Crippen molar-refractivity contribution < 1.29 is 9.53 Å². The Morgan fingerprint density at radius 1 is 1.24 bits per heavy atom. The summed E-state index contributed by atoms with van der Waals surface area (Å²) in [5, 5.41) is 0. The van der Waals surface area contributed by atoms with Gasteiger partial charge in [-0.1, -0.05) is 29.8 Å². The first-order valence-corrected chi connectivity index (χ1v) is 9.86. The highest BCUT2D eigenvalue weighted by Gasteiger charge is 2.46. The number of piperidine rings is 1. The summed E-state index contributed by atoms with van der Waals surface area (Å²) in [6, 6.07) is 8.67. The van der Waals surface area contributed by atoms with Crippen molar-refractivity contribution in [1.29, 1.82) is 0 Å². The van der Waals surface area contributed by atoms with Crippen molar-refractivity contribution in [3.05, 3.63) is 35.4 Å². The van der Waals surface area contributed by atoms with Crippen molar-refractivity contribution in [3.63, 3.8) is 0 Å². The SMILES string of the molecule is Cc1cccc([C@@H]2C[C@H]2C(=O)N2CCC[C@H](CN3CCOCC3)C2)c1. The van der Waals surface area contributed by atoms with Crippen molar-refractivity contribution in [2.75, 3.05) is 45.9 Å². The largest absolute Gasteiger partial charge is 0.379 e. The van der Waals surface area contributed by atoms with Crippen molar-refractivity contribution in [2.45, 2.75) is 32.1 Å². The van der Waals surface area contributed by atoms with E-state index in [4.69, 9.17) is 4.74 Å². The molecule has 0 N–H and O–H groups in total. The molecular weight excluding hydrogens is 312 g/mol. The van der Waals surface area contributed by atoms with Crippen LogP contribution in [-0.4, -0.2) is 61.6 Å². The predicted molar refractivity (Wildman–Crippen MR) is 98.6 cm³/mol. The fourth-order valence-corrected chi connectivity index (χ4v) is 4.53. The maximum absolute atomic E-state index is 13.0. The van der Waals surface area contributed by atoms with Crippen LogP contribution in [0.5, 0.6) is 0 Å². The molecule has 136 valence electrons. The third kappa shape index (κ3) is 4.06. The fraction of sp³-hybridized carbons (Fsp3) is 0.667. The number of carbonyl (C=O) groups is 1. The Morgan fingerprint density at radius 3 is 2.88 bits per heavy atom. The number of benzene rings is 1. The molecular formula is C21H30N2O2. The Morgan fingerprint density at radius 2 is 2.08 bits per heavy atom. The van der Waals surface area contributed by atoms with E-state index >= 15 is 0 Å². The number of morpholine rings is 1. The Balaban J connectivity index is 1.31. The van der Waals surface area contributed by atoms with Crippen LogP contribution in [0.15, 0.2) is 24.3 Å². The topological polar surface area (TPSA) is 32.8 Å². The summed E-state index contributed by atoms with van der Waals surface area (Å²) < 4.78 is 5.44. The van der Waals surface area contributed by atoms with Gasteiger partial charge < -0.3 is 9.64 Å². The average Bonchev–Trinajstić information content (AvgIpc) is 3.43. The van der Waals surface area contributed by atoms with Crippen LogP contribution in [0.4, 0.5) is 0 Å². The highest BCUT2D eigenvalue weighted by Crippen LogP contribution is 2.48. The van der Waals surface area contributed by atoms with Gasteiger partial charge in [-0.2, -0.15) is 0 Å². The minimum atomic E-state index is 0.226. The first-order chi connectivity index (χ1) is 12.2. The molecule has 1 amide bonds. The molecule has 25 heavy (non-hydrogen) atoms. The average molecular weight is 342 g/mol. The van der Waals surface area contributed by atoms with Gasteiger partial charge in [0.25, 0.3) is 0 Å². The molecule has 0 aromatic heterocycles. The smallest absolute Gasteiger partial charge is 0.226 e. The minimum Gasteiger partial charge on any atom is -0.379 e. The Bertz CT molecular complexity index is 612. The van der Waals surface area contributed by atoms with Crippen molar-refractivity contribution in [2.24, 2.45) is 11.8 Å². The number of ether oxygens (including phenoxy) is 1. The quantitative estimate of drug-likeness (QED) is 0.843. The van der Waals surface area contributed by atoms with Gasteiger partial charge in [-0.3, -0.25) is 9.69 Å². The second-order valence-corrected chi connectivity index (χ2v) is 8.07. The maximum atomic E-state index is 13.0. The van der Waals surface area contributed by atoms with Crippen molar-refractivity contribution in [1.82, 2.24) is 9.80 Å². The van der Waals surface area contributed by atoms with E-state index in [1.54, 1.807) is 0 Å². The van der Waals surface area contributed by atoms with Crippen LogP contribution in [0, 0.1) is 18.8 Å². The van der Waals surface area contributed by atoms with E-state index in [0.29, 0.717) is 17.7 Å². The predicted octanol–water partition coefficient (Wildman–Crippen LogP) is 2.67. The van der Waals surface area contributed by atoms with E-state index in [1.165, 1.54) is 17.5 Å². The number of hydrogen-bond donors (Lipinski definition) is 0. The van der Waals surface area contributed by atoms with Crippen LogP contribution in [0.25, 0.3) is 0 Å². The summed E-state index contributed by atoms with van der Waals surface area (Å²) in [6.45, 7) is 8.96. The van der Waals surface area contributed by atoms with Gasteiger partial charge in [0.05, 0.1) is 13.2 Å². The van der Waals surface area contributed by atoms with Crippen LogP contribution in [0.3, 0.4) is 0 Å². The molecule has 1 aliphatic carbocycles. The lowest BCUT2D eigenvalue weighted by Crippen LogP contribution is -2.46. The maximum Gasteiger partial charge on any atom is 0.226 e. The Labute approximate surface area is 151 Å². The van der Waals surface area contributed by atoms with Gasteiger partial charge in [0.2, 0.25) is 5.91 Å². The number of aryl methyl sites for hydroxylation is 1. The van der Waals surface area contributed by atoms with Crippen molar-refractivity contribution >= 4 is 5.91 Å². The number of amides is 1. The van der Waals surface area contributed by atoms with Gasteiger partial charge in [-0.05, 0) is 43.6 Å². The van der Waals surface area contributed by atoms with Gasteiger partial charge in [0, 0.05) is 38.6 Å². The van der Waals surface area contributed by atoms with E-state index < -0.39 is 0 Å². The molecule has 1 aromatic carbocycles. The number of carbonyl (C=O) groups excluding carboxylic acids is 1. The summed E-state index contributed by atoms with van der Waals surface area (Å²) in [7, 11) is 0. The second kappa shape index (κ2) is 7.46. The molecule has 0 spiro atoms. The lowest BCUT2D eigenvalue weighted by Gasteiger charge is -2.37. The Kier molecular flexibility index (Phi) is 5.09. The molecule has 4 nitrogen and oxygen atoms in total. The second-order valence-electron chi connectivity index (χ2n) is 8.07. The van der Waals surface area contributed by atoms with Gasteiger partial charge in [0.15, 0.2) is 0 Å². The van der Waals surface area contributed by atoms with E-state index in [1.807, 2.05) is 0 Å². The zero-order valence-electron chi connectivity index (χ0n) is 15.3. The number of nitrogens with zero attached hydrogens (tertiary/aromatic N) is 2. The summed E-state index contributed by atoms with van der Waals surface area (Å²) >= 11 is 0. The minimum absolute atomic E-state index is 0.226. The first-order valence-electron chi connectivity index (χ1n) is 9.86. The van der Waals surface area contributed by atoms with Crippen molar-refractivity contribution in [3.8, 4) is 0 Å². The van der Waals surface area contributed by atoms with Crippen LogP contribution < -0.4 is 0 Å². The zero-order chi connectivity index (χ0) is 17.2. The molecule has 4 heteroatoms. The molecule has 2 heterocycles. The fourth-order valence-electron chi connectivity index (χ4n) is 4.53. The first kappa shape index (κ1) is 17.0. The molecule has 3 fully saturated rings. The van der Waals surface area contributed by atoms with Crippen LogP contribution in [0.1, 0.15) is 36.3 Å². The zero-order valence-corrected chi connectivity index (χ0v) is 15.3. The summed E-state index contributed by atoms with van der Waals surface area (Å²) in [6.07, 6.45) is 3.45. The van der Waals surface area contributed by atoms with E-state index in [9.17, 15) is 4.79 Å². The normalized spacial score (nSPS) is 30.3. The van der Waals surface area contributed by atoms with E-state index in [2.05, 4.69) is 41.0 Å². The molecule has 4 rings (SSSR count). The summed E-state index contributed by atoms with van der Waals surface area (Å²) in [5.41, 5.74) is 2.64. The lowest BCUT2D eigenvalue weighted by atomic mass is 9.96. The molecule has 0 radical (unpaired) electrons. The number of hydrogen-bond acceptors (Lipinski definition) is 3. The highest BCUT2D eigenvalue weighted by molar-refractivity contribution is 5.83. The number of likely N-dealkylation sites (tertiary alicyclic amines) is 1. The summed E-state index contributed by atoms with van der Waals surface area (Å²) in [4.78, 5) is 17.6. The molecule has 3 atom stereocenters. The third-order valence-electron chi connectivity index (χ3n) is 6.03. The van der Waals surface area contributed by atoms with Gasteiger partial charge in [0.1, 0.15) is 0 Å². The van der Waals surface area contributed by atoms with Gasteiger partial charge in [-0.15, -0.1) is 0 Å². The highest BCUT2D eigenvalue weighted by atomic mass is 16.5. The lowest BCUT2D eigenvalue weighted by molar-refractivity contribution is -0.134. The van der Waals surface area contributed by atoms with E-state index in [-0.39, 0.29) is 5.92 Å². The van der Waals surface area contributed by atoms with E-state index in [0.717, 1.165) is 58.8 Å². The van der Waals surface area contributed by atoms with Crippen LogP contribution >= 0.6 is 0 Å². The molecule has 2 saturated heterocycles. The molecule has 3 aliphatic rings. The van der Waals surface area contributed by atoms with Gasteiger partial charge >= 0.3 is 0 Å². The molecule has 1 aromatic rings. The monoisotopic (exact) mass is 342 g/mol. The third-order valence-corrected chi connectivity index (χ3v) is 6.03. The van der Waals surface area contributed by atoms with Crippen LogP contribution in [-0.2, 0) is 9.53 Å². The Hall–Kier alpha value is -1.39. The standard InChI is InChI=1S/C21H30N2O2/c1-16-4-2-6-18(12-16)19-13-20(19)21(24)23-7-3-5-17(15-23)14-22-8-10-25-11-9-22/h2,4,6,12,17,19-20H,3,5,7-11,13-15H2,1H3/t17-,19+,20-/m1/s1. The summed E-state index contributed by atoms with van der Waals surface area (Å²) in [5.74, 6) is 1.71. The van der Waals surface area contributed by atoms with Crippen LogP contribution in [0.2, 0.25) is 0 Å². The molecule has 0 bridgehead atoms. The van der Waals surface area contributed by atoms with Gasteiger partial charge in [-0.25, -0.2) is 0 Å². The molecule has 0 unspecified atom stereocenters.